The van der Waals surface area contributed by atoms with E-state index in [2.05, 4.69) is 38.3 Å². The van der Waals surface area contributed by atoms with Gasteiger partial charge in [-0.2, -0.15) is 0 Å². The highest BCUT2D eigenvalue weighted by Crippen LogP contribution is 2.30. The lowest BCUT2D eigenvalue weighted by Crippen LogP contribution is -2.57. The highest BCUT2D eigenvalue weighted by atomic mass is 79.9. The zero-order valence-electron chi connectivity index (χ0n) is 11.6. The maximum Gasteiger partial charge on any atom is 0.261 e. The van der Waals surface area contributed by atoms with Crippen molar-refractivity contribution in [2.45, 2.75) is 18.9 Å². The van der Waals surface area contributed by atoms with Crippen LogP contribution in [0.1, 0.15) is 22.5 Å². The molecular formula is C16H17BrN2OS. The first-order valence-corrected chi connectivity index (χ1v) is 9.02. The fraction of sp³-hybridized carbons (Fsp3) is 0.438. The minimum atomic E-state index is 0.0890. The summed E-state index contributed by atoms with van der Waals surface area (Å²) in [4.78, 5) is 15.8. The molecule has 4 heterocycles. The Morgan fingerprint density at radius 1 is 1.29 bits per heavy atom. The van der Waals surface area contributed by atoms with Gasteiger partial charge in [0.15, 0.2) is 0 Å². The molecule has 1 aromatic heterocycles. The van der Waals surface area contributed by atoms with Crippen molar-refractivity contribution < 1.29 is 4.79 Å². The Bertz CT molecular complexity index is 691. The fourth-order valence-electron chi connectivity index (χ4n) is 3.49. The van der Waals surface area contributed by atoms with Crippen molar-refractivity contribution in [1.82, 2.24) is 10.2 Å². The van der Waals surface area contributed by atoms with E-state index in [1.54, 1.807) is 11.3 Å². The van der Waals surface area contributed by atoms with Gasteiger partial charge in [0.2, 0.25) is 0 Å². The Hall–Kier alpha value is -0.910. The molecule has 5 rings (SSSR count). The van der Waals surface area contributed by atoms with Gasteiger partial charge in [-0.25, -0.2) is 0 Å². The molecule has 0 aliphatic carbocycles. The summed E-state index contributed by atoms with van der Waals surface area (Å²) in [5, 5.41) is 4.39. The molecule has 1 unspecified atom stereocenters. The monoisotopic (exact) mass is 364 g/mol. The molecule has 1 atom stereocenters. The average molecular weight is 365 g/mol. The number of nitrogens with zero attached hydrogens (tertiary/aromatic N) is 1. The van der Waals surface area contributed by atoms with E-state index in [9.17, 15) is 4.79 Å². The lowest BCUT2D eigenvalue weighted by Gasteiger charge is -2.44. The molecule has 0 saturated carbocycles. The van der Waals surface area contributed by atoms with Crippen molar-refractivity contribution >= 4 is 43.3 Å². The number of rotatable bonds is 2. The summed E-state index contributed by atoms with van der Waals surface area (Å²) in [5.41, 5.74) is 0. The molecule has 2 bridgehead atoms. The molecule has 21 heavy (non-hydrogen) atoms. The summed E-state index contributed by atoms with van der Waals surface area (Å²) in [6.07, 6.45) is 2.45. The number of benzene rings is 1. The highest BCUT2D eigenvalue weighted by molar-refractivity contribution is 9.10. The molecular weight excluding hydrogens is 348 g/mol. The molecule has 5 heteroatoms. The van der Waals surface area contributed by atoms with E-state index in [0.29, 0.717) is 12.0 Å². The molecule has 3 fully saturated rings. The third-order valence-corrected chi connectivity index (χ3v) is 6.28. The second-order valence-electron chi connectivity index (χ2n) is 6.01. The number of thiophene rings is 1. The topological polar surface area (TPSA) is 32.3 Å². The summed E-state index contributed by atoms with van der Waals surface area (Å²) < 4.78 is 2.22. The van der Waals surface area contributed by atoms with Gasteiger partial charge in [0.25, 0.3) is 5.91 Å². The Balaban J connectivity index is 1.53. The van der Waals surface area contributed by atoms with Crippen LogP contribution in [0.25, 0.3) is 10.1 Å². The largest absolute Gasteiger partial charge is 0.347 e. The number of piperidine rings is 3. The fourth-order valence-corrected chi connectivity index (χ4v) is 4.82. The lowest BCUT2D eigenvalue weighted by molar-refractivity contribution is 0.0622. The normalized spacial score (nSPS) is 28.0. The van der Waals surface area contributed by atoms with Crippen molar-refractivity contribution in [2.24, 2.45) is 5.92 Å². The maximum absolute atomic E-state index is 12.5. The van der Waals surface area contributed by atoms with E-state index in [1.807, 2.05) is 12.1 Å². The van der Waals surface area contributed by atoms with Crippen LogP contribution >= 0.6 is 27.3 Å². The van der Waals surface area contributed by atoms with E-state index in [4.69, 9.17) is 0 Å². The average Bonchev–Trinajstić information content (AvgIpc) is 2.91. The van der Waals surface area contributed by atoms with E-state index < -0.39 is 0 Å². The van der Waals surface area contributed by atoms with Crippen LogP contribution in [0.5, 0.6) is 0 Å². The van der Waals surface area contributed by atoms with Crippen LogP contribution in [0.3, 0.4) is 0 Å². The van der Waals surface area contributed by atoms with E-state index >= 15 is 0 Å². The van der Waals surface area contributed by atoms with Crippen molar-refractivity contribution in [3.8, 4) is 0 Å². The van der Waals surface area contributed by atoms with Crippen molar-refractivity contribution in [2.75, 3.05) is 19.6 Å². The molecule has 2 aromatic rings. The first-order valence-electron chi connectivity index (χ1n) is 7.41. The zero-order valence-corrected chi connectivity index (χ0v) is 14.0. The highest BCUT2D eigenvalue weighted by Gasteiger charge is 2.35. The van der Waals surface area contributed by atoms with Gasteiger partial charge in [0, 0.05) is 21.8 Å². The van der Waals surface area contributed by atoms with Gasteiger partial charge >= 0.3 is 0 Å². The predicted molar refractivity (Wildman–Crippen MR) is 89.9 cm³/mol. The quantitative estimate of drug-likeness (QED) is 0.884. The van der Waals surface area contributed by atoms with Gasteiger partial charge in [0.1, 0.15) is 0 Å². The minimum absolute atomic E-state index is 0.0890. The number of amides is 1. The Kier molecular flexibility index (Phi) is 3.52. The standard InChI is InChI=1S/C16H17BrN2OS/c17-12-1-2-14-11(7-12)8-15(21-14)16(20)18-13-9-19-5-3-10(13)4-6-19/h1-2,7-8,10,13H,3-6,9H2,(H,18,20). The molecule has 1 N–H and O–H groups in total. The van der Waals surface area contributed by atoms with Gasteiger partial charge in [-0.05, 0) is 61.5 Å². The summed E-state index contributed by atoms with van der Waals surface area (Å²) in [5.74, 6) is 0.758. The molecule has 110 valence electrons. The number of nitrogens with one attached hydrogen (secondary N) is 1. The summed E-state index contributed by atoms with van der Waals surface area (Å²) >= 11 is 5.06. The van der Waals surface area contributed by atoms with Gasteiger partial charge in [0.05, 0.1) is 4.88 Å². The predicted octanol–water partition coefficient (Wildman–Crippen LogP) is 3.49. The molecule has 0 spiro atoms. The van der Waals surface area contributed by atoms with Crippen molar-refractivity contribution in [3.63, 3.8) is 0 Å². The smallest absolute Gasteiger partial charge is 0.261 e. The number of halogens is 1. The molecule has 3 aliphatic heterocycles. The van der Waals surface area contributed by atoms with E-state index in [1.165, 1.54) is 25.9 Å². The number of fused-ring (bicyclic) bond motifs is 4. The van der Waals surface area contributed by atoms with Crippen molar-refractivity contribution in [3.05, 3.63) is 33.6 Å². The van der Waals surface area contributed by atoms with Crippen LogP contribution in [0, 0.1) is 5.92 Å². The first-order chi connectivity index (χ1) is 10.2. The first kappa shape index (κ1) is 13.7. The van der Waals surface area contributed by atoms with Gasteiger partial charge < -0.3 is 10.2 Å². The maximum atomic E-state index is 12.5. The molecule has 3 nitrogen and oxygen atoms in total. The minimum Gasteiger partial charge on any atom is -0.347 e. The van der Waals surface area contributed by atoms with Gasteiger partial charge in [-0.15, -0.1) is 11.3 Å². The Morgan fingerprint density at radius 2 is 2.10 bits per heavy atom. The number of hydrogen-bond donors (Lipinski definition) is 1. The summed E-state index contributed by atoms with van der Waals surface area (Å²) in [7, 11) is 0. The Labute approximate surface area is 136 Å². The third-order valence-electron chi connectivity index (χ3n) is 4.67. The summed E-state index contributed by atoms with van der Waals surface area (Å²) in [6.45, 7) is 3.43. The number of carbonyl (C=O) groups is 1. The van der Waals surface area contributed by atoms with Gasteiger partial charge in [-0.1, -0.05) is 15.9 Å². The van der Waals surface area contributed by atoms with Crippen LogP contribution in [-0.4, -0.2) is 36.5 Å². The Morgan fingerprint density at radius 3 is 2.81 bits per heavy atom. The SMILES string of the molecule is O=C(NC1CN2CCC1CC2)c1cc2cc(Br)ccc2s1. The summed E-state index contributed by atoms with van der Waals surface area (Å²) in [6, 6.07) is 8.48. The van der Waals surface area contributed by atoms with Crippen LogP contribution in [0.2, 0.25) is 0 Å². The molecule has 1 aromatic carbocycles. The second kappa shape index (κ2) is 5.38. The third kappa shape index (κ3) is 2.62. The van der Waals surface area contributed by atoms with Crippen LogP contribution in [0.15, 0.2) is 28.7 Å². The number of carbonyl (C=O) groups excluding carboxylic acids is 1. The van der Waals surface area contributed by atoms with Crippen LogP contribution < -0.4 is 5.32 Å². The number of hydrogen-bond acceptors (Lipinski definition) is 3. The van der Waals surface area contributed by atoms with Crippen LogP contribution in [0.4, 0.5) is 0 Å². The second-order valence-corrected chi connectivity index (χ2v) is 8.01. The molecule has 3 saturated heterocycles. The van der Waals surface area contributed by atoms with E-state index in [-0.39, 0.29) is 5.91 Å². The molecule has 0 radical (unpaired) electrons. The van der Waals surface area contributed by atoms with Gasteiger partial charge in [-0.3, -0.25) is 4.79 Å². The lowest BCUT2D eigenvalue weighted by atomic mass is 9.84. The molecule has 3 aliphatic rings. The molecule has 1 amide bonds. The van der Waals surface area contributed by atoms with E-state index in [0.717, 1.165) is 26.0 Å². The zero-order chi connectivity index (χ0) is 14.4. The van der Waals surface area contributed by atoms with Crippen LogP contribution in [-0.2, 0) is 0 Å². The van der Waals surface area contributed by atoms with Crippen molar-refractivity contribution in [1.29, 1.82) is 0 Å².